The zero-order valence-corrected chi connectivity index (χ0v) is 10.9. The van der Waals surface area contributed by atoms with Crippen molar-refractivity contribution in [2.45, 2.75) is 6.54 Å². The third-order valence-corrected chi connectivity index (χ3v) is 3.57. The molecule has 0 radical (unpaired) electrons. The van der Waals surface area contributed by atoms with E-state index in [0.29, 0.717) is 0 Å². The van der Waals surface area contributed by atoms with E-state index in [-0.39, 0.29) is 0 Å². The van der Waals surface area contributed by atoms with Gasteiger partial charge in [-0.25, -0.2) is 0 Å². The number of aryl methyl sites for hydroxylation is 1. The number of aromatic nitrogens is 4. The molecule has 17 heavy (non-hydrogen) atoms. The Morgan fingerprint density at radius 2 is 2.18 bits per heavy atom. The second-order valence-electron chi connectivity index (χ2n) is 3.97. The van der Waals surface area contributed by atoms with Crippen LogP contribution in [-0.2, 0) is 13.6 Å². The molecule has 0 atom stereocenters. The summed E-state index contributed by atoms with van der Waals surface area (Å²) in [6.45, 7) is 0.733. The lowest BCUT2D eigenvalue weighted by molar-refractivity contribution is 0.716. The van der Waals surface area contributed by atoms with Crippen molar-refractivity contribution in [1.29, 1.82) is 0 Å². The normalized spacial score (nSPS) is 11.2. The number of hydrogen-bond donors (Lipinski definition) is 0. The highest BCUT2D eigenvalue weighted by Gasteiger charge is 2.06. The Kier molecular flexibility index (Phi) is 2.48. The third-order valence-electron chi connectivity index (χ3n) is 2.88. The van der Waals surface area contributed by atoms with Crippen LogP contribution >= 0.6 is 15.9 Å². The molecule has 0 N–H and O–H groups in total. The Labute approximate surface area is 107 Å². The van der Waals surface area contributed by atoms with E-state index in [1.165, 1.54) is 10.9 Å². The van der Waals surface area contributed by atoms with Crippen LogP contribution in [0.2, 0.25) is 0 Å². The fraction of sp³-hybridized carbons (Fsp3) is 0.167. The minimum Gasteiger partial charge on any atom is -0.340 e. The van der Waals surface area contributed by atoms with Crippen LogP contribution in [0.4, 0.5) is 0 Å². The SMILES string of the molecule is Cn1cnnc1Cn1ccc2c(Br)cccc21. The van der Waals surface area contributed by atoms with Gasteiger partial charge in [-0.3, -0.25) is 0 Å². The number of benzene rings is 1. The fourth-order valence-electron chi connectivity index (χ4n) is 1.93. The molecule has 4 nitrogen and oxygen atoms in total. The Hall–Kier alpha value is -1.62. The highest BCUT2D eigenvalue weighted by atomic mass is 79.9. The van der Waals surface area contributed by atoms with Crippen molar-refractivity contribution in [3.05, 3.63) is 47.1 Å². The molecule has 2 heterocycles. The molecule has 0 saturated heterocycles. The monoisotopic (exact) mass is 290 g/mol. The predicted molar refractivity (Wildman–Crippen MR) is 69.7 cm³/mol. The van der Waals surface area contributed by atoms with Crippen LogP contribution in [-0.4, -0.2) is 19.3 Å². The van der Waals surface area contributed by atoms with Gasteiger partial charge in [0.05, 0.1) is 6.54 Å². The van der Waals surface area contributed by atoms with E-state index in [1.54, 1.807) is 6.33 Å². The van der Waals surface area contributed by atoms with Gasteiger partial charge in [-0.05, 0) is 18.2 Å². The predicted octanol–water partition coefficient (Wildman–Crippen LogP) is 2.58. The topological polar surface area (TPSA) is 35.6 Å². The number of nitrogens with zero attached hydrogens (tertiary/aromatic N) is 4. The zero-order chi connectivity index (χ0) is 11.8. The number of fused-ring (bicyclic) bond motifs is 1. The van der Waals surface area contributed by atoms with E-state index in [4.69, 9.17) is 0 Å². The lowest BCUT2D eigenvalue weighted by Crippen LogP contribution is -2.04. The van der Waals surface area contributed by atoms with Crippen LogP contribution < -0.4 is 0 Å². The fourth-order valence-corrected chi connectivity index (χ4v) is 2.41. The molecular formula is C12H11BrN4. The number of hydrogen-bond acceptors (Lipinski definition) is 2. The molecular weight excluding hydrogens is 280 g/mol. The number of rotatable bonds is 2. The first-order chi connectivity index (χ1) is 8.25. The molecule has 0 aliphatic rings. The lowest BCUT2D eigenvalue weighted by atomic mass is 10.2. The maximum Gasteiger partial charge on any atom is 0.152 e. The van der Waals surface area contributed by atoms with Crippen molar-refractivity contribution >= 4 is 26.8 Å². The summed E-state index contributed by atoms with van der Waals surface area (Å²) in [4.78, 5) is 0. The summed E-state index contributed by atoms with van der Waals surface area (Å²) in [6.07, 6.45) is 3.79. The first kappa shape index (κ1) is 10.5. The van der Waals surface area contributed by atoms with Crippen molar-refractivity contribution in [2.24, 2.45) is 7.05 Å². The zero-order valence-electron chi connectivity index (χ0n) is 9.34. The molecule has 0 bridgehead atoms. The molecule has 0 aliphatic carbocycles. The molecule has 0 amide bonds. The summed E-state index contributed by atoms with van der Waals surface area (Å²) in [5.41, 5.74) is 1.20. The van der Waals surface area contributed by atoms with Crippen molar-refractivity contribution in [2.75, 3.05) is 0 Å². The van der Waals surface area contributed by atoms with Crippen LogP contribution in [0.3, 0.4) is 0 Å². The van der Waals surface area contributed by atoms with Crippen LogP contribution in [0.25, 0.3) is 10.9 Å². The third kappa shape index (κ3) is 1.76. The Bertz CT molecular complexity index is 668. The molecule has 1 aromatic carbocycles. The summed E-state index contributed by atoms with van der Waals surface area (Å²) in [6, 6.07) is 8.31. The molecule has 0 spiro atoms. The largest absolute Gasteiger partial charge is 0.340 e. The summed E-state index contributed by atoms with van der Waals surface area (Å²) in [5, 5.41) is 9.21. The van der Waals surface area contributed by atoms with Crippen molar-refractivity contribution in [3.63, 3.8) is 0 Å². The van der Waals surface area contributed by atoms with E-state index >= 15 is 0 Å². The second-order valence-corrected chi connectivity index (χ2v) is 4.83. The maximum absolute atomic E-state index is 4.10. The summed E-state index contributed by atoms with van der Waals surface area (Å²) < 4.78 is 5.22. The average Bonchev–Trinajstić information content (AvgIpc) is 2.89. The Balaban J connectivity index is 2.07. The van der Waals surface area contributed by atoms with Crippen LogP contribution in [0, 0.1) is 0 Å². The quantitative estimate of drug-likeness (QED) is 0.727. The number of halogens is 1. The van der Waals surface area contributed by atoms with E-state index in [9.17, 15) is 0 Å². The van der Waals surface area contributed by atoms with Gasteiger partial charge in [0.1, 0.15) is 6.33 Å². The van der Waals surface area contributed by atoms with E-state index < -0.39 is 0 Å². The standard InChI is InChI=1S/C12H11BrN4/c1-16-8-14-15-12(16)7-17-6-5-9-10(13)3-2-4-11(9)17/h2-6,8H,7H2,1H3. The lowest BCUT2D eigenvalue weighted by Gasteiger charge is -2.04. The van der Waals surface area contributed by atoms with E-state index in [0.717, 1.165) is 16.8 Å². The van der Waals surface area contributed by atoms with Gasteiger partial charge < -0.3 is 9.13 Å². The van der Waals surface area contributed by atoms with Gasteiger partial charge >= 0.3 is 0 Å². The maximum atomic E-state index is 4.10. The van der Waals surface area contributed by atoms with Gasteiger partial charge in [0, 0.05) is 28.6 Å². The molecule has 0 unspecified atom stereocenters. The van der Waals surface area contributed by atoms with Crippen LogP contribution in [0.15, 0.2) is 41.3 Å². The van der Waals surface area contributed by atoms with Crippen LogP contribution in [0.5, 0.6) is 0 Å². The van der Waals surface area contributed by atoms with Crippen LogP contribution in [0.1, 0.15) is 5.82 Å². The molecule has 3 aromatic rings. The molecule has 5 heteroatoms. The van der Waals surface area contributed by atoms with Crippen molar-refractivity contribution in [1.82, 2.24) is 19.3 Å². The van der Waals surface area contributed by atoms with Gasteiger partial charge in [-0.15, -0.1) is 10.2 Å². The van der Waals surface area contributed by atoms with Crippen molar-refractivity contribution < 1.29 is 0 Å². The Morgan fingerprint density at radius 1 is 1.29 bits per heavy atom. The molecule has 2 aromatic heterocycles. The molecule has 0 saturated carbocycles. The van der Waals surface area contributed by atoms with Gasteiger partial charge in [0.2, 0.25) is 0 Å². The highest BCUT2D eigenvalue weighted by Crippen LogP contribution is 2.24. The molecule has 3 rings (SSSR count). The second kappa shape index (κ2) is 4.00. The van der Waals surface area contributed by atoms with Gasteiger partial charge in [0.25, 0.3) is 0 Å². The Morgan fingerprint density at radius 3 is 2.94 bits per heavy atom. The average molecular weight is 291 g/mol. The van der Waals surface area contributed by atoms with Crippen molar-refractivity contribution in [3.8, 4) is 0 Å². The minimum absolute atomic E-state index is 0.733. The van der Waals surface area contributed by atoms with E-state index in [2.05, 4.69) is 55.1 Å². The van der Waals surface area contributed by atoms with Gasteiger partial charge in [0.15, 0.2) is 5.82 Å². The minimum atomic E-state index is 0.733. The summed E-state index contributed by atoms with van der Waals surface area (Å²) in [5.74, 6) is 0.947. The summed E-state index contributed by atoms with van der Waals surface area (Å²) >= 11 is 3.56. The highest BCUT2D eigenvalue weighted by molar-refractivity contribution is 9.10. The van der Waals surface area contributed by atoms with E-state index in [1.807, 2.05) is 17.7 Å². The molecule has 86 valence electrons. The molecule has 0 fully saturated rings. The van der Waals surface area contributed by atoms with Gasteiger partial charge in [-0.2, -0.15) is 0 Å². The first-order valence-electron chi connectivity index (χ1n) is 5.32. The van der Waals surface area contributed by atoms with Gasteiger partial charge in [-0.1, -0.05) is 22.0 Å². The smallest absolute Gasteiger partial charge is 0.152 e. The molecule has 0 aliphatic heterocycles. The first-order valence-corrected chi connectivity index (χ1v) is 6.11. The summed E-state index contributed by atoms with van der Waals surface area (Å²) in [7, 11) is 1.96.